The first kappa shape index (κ1) is 6.34. The summed E-state index contributed by atoms with van der Waals surface area (Å²) < 4.78 is 12.3. The predicted octanol–water partition coefficient (Wildman–Crippen LogP) is 0.928. The molecule has 0 saturated heterocycles. The van der Waals surface area contributed by atoms with E-state index in [9.17, 15) is 4.39 Å². The van der Waals surface area contributed by atoms with Gasteiger partial charge in [-0.3, -0.25) is 0 Å². The fraction of sp³-hybridized carbons (Fsp3) is 0.143. The number of aryl methyl sites for hydroxylation is 1. The molecule has 0 aliphatic rings. The Balaban J connectivity index is 3.17. The fourth-order valence-electron chi connectivity index (χ4n) is 0.611. The van der Waals surface area contributed by atoms with Crippen LogP contribution in [-0.4, -0.2) is 7.85 Å². The topological polar surface area (TPSA) is 0 Å². The van der Waals surface area contributed by atoms with E-state index >= 15 is 0 Å². The second kappa shape index (κ2) is 2.22. The molecule has 0 amide bonds. The Hall–Kier alpha value is -0.785. The van der Waals surface area contributed by atoms with E-state index in [1.807, 2.05) is 6.92 Å². The number of benzene rings is 1. The van der Waals surface area contributed by atoms with E-state index in [1.54, 1.807) is 6.07 Å². The number of hydrogen-bond donors (Lipinski definition) is 0. The number of halogens is 1. The number of hydrogen-bond acceptors (Lipinski definition) is 0. The van der Waals surface area contributed by atoms with Crippen molar-refractivity contribution >= 4 is 13.3 Å². The highest BCUT2D eigenvalue weighted by atomic mass is 19.1. The van der Waals surface area contributed by atoms with Gasteiger partial charge in [-0.1, -0.05) is 17.1 Å². The normalized spacial score (nSPS) is 9.56. The van der Waals surface area contributed by atoms with Crippen LogP contribution in [0.15, 0.2) is 18.2 Å². The van der Waals surface area contributed by atoms with E-state index < -0.39 is 0 Å². The molecule has 2 heteroatoms. The average molecular weight is 120 g/mol. The standard InChI is InChI=1S/C7H6BF/c1-5-2-3-6(9)4-7(5)8/h2-4H,1H3. The van der Waals surface area contributed by atoms with Gasteiger partial charge in [0.25, 0.3) is 0 Å². The molecule has 0 aliphatic heterocycles. The van der Waals surface area contributed by atoms with Crippen LogP contribution in [0.2, 0.25) is 0 Å². The van der Waals surface area contributed by atoms with Gasteiger partial charge in [0.05, 0.1) is 0 Å². The second-order valence-electron chi connectivity index (χ2n) is 2.00. The lowest BCUT2D eigenvalue weighted by atomic mass is 9.91. The maximum atomic E-state index is 12.3. The molecule has 1 rings (SSSR count). The minimum Gasteiger partial charge on any atom is -0.207 e. The minimum atomic E-state index is -0.280. The van der Waals surface area contributed by atoms with Crippen LogP contribution in [0, 0.1) is 12.7 Å². The molecule has 0 aromatic heterocycles. The van der Waals surface area contributed by atoms with Crippen LogP contribution in [0.3, 0.4) is 0 Å². The summed E-state index contributed by atoms with van der Waals surface area (Å²) in [6.07, 6.45) is 0. The van der Waals surface area contributed by atoms with E-state index in [1.165, 1.54) is 12.1 Å². The van der Waals surface area contributed by atoms with Gasteiger partial charge >= 0.3 is 0 Å². The molecule has 0 unspecified atom stereocenters. The van der Waals surface area contributed by atoms with Gasteiger partial charge in [0.2, 0.25) is 0 Å². The Kier molecular flexibility index (Phi) is 1.56. The lowest BCUT2D eigenvalue weighted by Crippen LogP contribution is -2.06. The Labute approximate surface area is 55.1 Å². The summed E-state index contributed by atoms with van der Waals surface area (Å²) in [4.78, 5) is 0. The molecule has 9 heavy (non-hydrogen) atoms. The zero-order valence-electron chi connectivity index (χ0n) is 5.19. The Morgan fingerprint density at radius 1 is 1.44 bits per heavy atom. The maximum Gasteiger partial charge on any atom is 0.122 e. The zero-order chi connectivity index (χ0) is 6.85. The second-order valence-corrected chi connectivity index (χ2v) is 2.00. The average Bonchev–Trinajstić information content (AvgIpc) is 1.80. The molecule has 1 aromatic carbocycles. The zero-order valence-corrected chi connectivity index (χ0v) is 5.19. The molecule has 0 nitrogen and oxygen atoms in total. The molecule has 1 aromatic rings. The molecule has 0 saturated carbocycles. The lowest BCUT2D eigenvalue weighted by molar-refractivity contribution is 0.628. The van der Waals surface area contributed by atoms with Gasteiger partial charge < -0.3 is 0 Å². The molecular formula is C7H6BF. The fourth-order valence-corrected chi connectivity index (χ4v) is 0.611. The van der Waals surface area contributed by atoms with Crippen LogP contribution in [0.5, 0.6) is 0 Å². The maximum absolute atomic E-state index is 12.3. The highest BCUT2D eigenvalue weighted by molar-refractivity contribution is 6.33. The van der Waals surface area contributed by atoms with E-state index in [-0.39, 0.29) is 5.82 Å². The SMILES string of the molecule is [B]c1cc(F)ccc1C. The van der Waals surface area contributed by atoms with E-state index in [4.69, 9.17) is 7.85 Å². The van der Waals surface area contributed by atoms with Crippen molar-refractivity contribution in [2.75, 3.05) is 0 Å². The molecule has 0 heterocycles. The van der Waals surface area contributed by atoms with Crippen LogP contribution in [0.25, 0.3) is 0 Å². The summed E-state index contributed by atoms with van der Waals surface area (Å²) in [6.45, 7) is 1.84. The molecule has 2 radical (unpaired) electrons. The monoisotopic (exact) mass is 120 g/mol. The highest BCUT2D eigenvalue weighted by Gasteiger charge is 1.91. The lowest BCUT2D eigenvalue weighted by Gasteiger charge is -1.96. The van der Waals surface area contributed by atoms with Crippen LogP contribution in [0.1, 0.15) is 5.56 Å². The van der Waals surface area contributed by atoms with Crippen LogP contribution >= 0.6 is 0 Å². The van der Waals surface area contributed by atoms with Crippen molar-refractivity contribution in [3.05, 3.63) is 29.6 Å². The van der Waals surface area contributed by atoms with E-state index in [2.05, 4.69) is 0 Å². The van der Waals surface area contributed by atoms with E-state index in [0.29, 0.717) is 5.46 Å². The van der Waals surface area contributed by atoms with Gasteiger partial charge in [0.1, 0.15) is 13.7 Å². The van der Waals surface area contributed by atoms with Gasteiger partial charge in [-0.05, 0) is 19.1 Å². The summed E-state index contributed by atoms with van der Waals surface area (Å²) in [5.74, 6) is -0.280. The van der Waals surface area contributed by atoms with Crippen LogP contribution in [0.4, 0.5) is 4.39 Å². The van der Waals surface area contributed by atoms with E-state index in [0.717, 1.165) is 5.56 Å². The van der Waals surface area contributed by atoms with Gasteiger partial charge in [0, 0.05) is 0 Å². The summed E-state index contributed by atoms with van der Waals surface area (Å²) >= 11 is 0. The first-order valence-corrected chi connectivity index (χ1v) is 2.72. The van der Waals surface area contributed by atoms with Crippen molar-refractivity contribution in [2.24, 2.45) is 0 Å². The van der Waals surface area contributed by atoms with Crippen LogP contribution < -0.4 is 5.46 Å². The predicted molar refractivity (Wildman–Crippen MR) is 36.5 cm³/mol. The molecule has 0 atom stereocenters. The van der Waals surface area contributed by atoms with Gasteiger partial charge in [-0.2, -0.15) is 0 Å². The van der Waals surface area contributed by atoms with Crippen molar-refractivity contribution in [1.82, 2.24) is 0 Å². The summed E-state index contributed by atoms with van der Waals surface area (Å²) in [5.41, 5.74) is 1.42. The summed E-state index contributed by atoms with van der Waals surface area (Å²) in [7, 11) is 5.38. The molecule has 0 bridgehead atoms. The third-order valence-corrected chi connectivity index (χ3v) is 1.24. The molecule has 44 valence electrons. The molecule has 0 fully saturated rings. The van der Waals surface area contributed by atoms with Gasteiger partial charge in [0.15, 0.2) is 0 Å². The van der Waals surface area contributed by atoms with Gasteiger partial charge in [-0.25, -0.2) is 4.39 Å². The largest absolute Gasteiger partial charge is 0.207 e. The molecule has 0 N–H and O–H groups in total. The van der Waals surface area contributed by atoms with Crippen molar-refractivity contribution in [3.8, 4) is 0 Å². The smallest absolute Gasteiger partial charge is 0.122 e. The highest BCUT2D eigenvalue weighted by Crippen LogP contribution is 1.96. The molecule has 0 aliphatic carbocycles. The summed E-state index contributed by atoms with van der Waals surface area (Å²) in [5, 5.41) is 0. The number of rotatable bonds is 0. The Morgan fingerprint density at radius 2 is 2.11 bits per heavy atom. The quantitative estimate of drug-likeness (QED) is 0.446. The molecule has 0 spiro atoms. The van der Waals surface area contributed by atoms with Crippen molar-refractivity contribution in [2.45, 2.75) is 6.92 Å². The third-order valence-electron chi connectivity index (χ3n) is 1.24. The summed E-state index contributed by atoms with van der Waals surface area (Å²) in [6, 6.07) is 4.37. The van der Waals surface area contributed by atoms with Crippen molar-refractivity contribution in [1.29, 1.82) is 0 Å². The van der Waals surface area contributed by atoms with Gasteiger partial charge in [-0.15, -0.1) is 0 Å². The van der Waals surface area contributed by atoms with Crippen molar-refractivity contribution < 1.29 is 4.39 Å². The molecular weight excluding hydrogens is 114 g/mol. The van der Waals surface area contributed by atoms with Crippen LogP contribution in [-0.2, 0) is 0 Å². The Morgan fingerprint density at radius 3 is 2.56 bits per heavy atom. The minimum absolute atomic E-state index is 0.280. The third kappa shape index (κ3) is 1.32. The first-order valence-electron chi connectivity index (χ1n) is 2.72. The Bertz CT molecular complexity index is 220. The first-order chi connectivity index (χ1) is 4.20. The van der Waals surface area contributed by atoms with Crippen molar-refractivity contribution in [3.63, 3.8) is 0 Å².